The molecule has 3 nitrogen and oxygen atoms in total. The molecule has 0 spiro atoms. The molecule has 0 aliphatic rings. The van der Waals surface area contributed by atoms with Crippen LogP contribution in [-0.2, 0) is 9.53 Å². The van der Waals surface area contributed by atoms with Crippen molar-refractivity contribution in [1.82, 2.24) is 0 Å². The maximum Gasteiger partial charge on any atom is 0.228 e. The summed E-state index contributed by atoms with van der Waals surface area (Å²) in [6, 6.07) is 6.23. The normalized spacial score (nSPS) is 10.7. The predicted octanol–water partition coefficient (Wildman–Crippen LogP) is 3.20. The smallest absolute Gasteiger partial charge is 0.228 e. The summed E-state index contributed by atoms with van der Waals surface area (Å²) in [6.07, 6.45) is 1.18. The van der Waals surface area contributed by atoms with Gasteiger partial charge in [0.15, 0.2) is 0 Å². The Morgan fingerprint density at radius 1 is 1.39 bits per heavy atom. The molecule has 1 amide bonds. The third-order valence-electron chi connectivity index (χ3n) is 2.64. The fraction of sp³-hybridized carbons (Fsp3) is 0.500. The van der Waals surface area contributed by atoms with Crippen molar-refractivity contribution in [3.63, 3.8) is 0 Å². The minimum atomic E-state index is -0.410. The zero-order valence-corrected chi connectivity index (χ0v) is 11.1. The van der Waals surface area contributed by atoms with Crippen molar-refractivity contribution < 1.29 is 13.9 Å². The Labute approximate surface area is 108 Å². The summed E-state index contributed by atoms with van der Waals surface area (Å²) in [4.78, 5) is 13.4. The van der Waals surface area contributed by atoms with Crippen LogP contribution in [-0.4, -0.2) is 19.7 Å². The number of methoxy groups -OCH3 is 1. The van der Waals surface area contributed by atoms with Gasteiger partial charge in [0.2, 0.25) is 5.91 Å². The maximum absolute atomic E-state index is 13.7. The SMILES string of the molecule is COCN(C(=O)CCC(C)C)c1ccccc1F. The van der Waals surface area contributed by atoms with E-state index >= 15 is 0 Å². The maximum atomic E-state index is 13.7. The Kier molecular flexibility index (Phi) is 5.78. The predicted molar refractivity (Wildman–Crippen MR) is 69.8 cm³/mol. The monoisotopic (exact) mass is 253 g/mol. The Balaban J connectivity index is 2.82. The van der Waals surface area contributed by atoms with Crippen LogP contribution >= 0.6 is 0 Å². The van der Waals surface area contributed by atoms with Crippen LogP contribution < -0.4 is 4.90 Å². The van der Waals surface area contributed by atoms with Gasteiger partial charge in [-0.05, 0) is 24.5 Å². The van der Waals surface area contributed by atoms with E-state index in [4.69, 9.17) is 4.74 Å². The molecule has 0 aliphatic heterocycles. The number of rotatable bonds is 6. The number of halogens is 1. The molecule has 0 N–H and O–H groups in total. The molecule has 1 aromatic rings. The number of anilines is 1. The van der Waals surface area contributed by atoms with E-state index in [9.17, 15) is 9.18 Å². The molecule has 0 bridgehead atoms. The van der Waals surface area contributed by atoms with E-state index in [2.05, 4.69) is 13.8 Å². The van der Waals surface area contributed by atoms with Gasteiger partial charge in [0.1, 0.15) is 12.5 Å². The van der Waals surface area contributed by atoms with Crippen molar-refractivity contribution in [3.8, 4) is 0 Å². The molecule has 1 aromatic carbocycles. The lowest BCUT2D eigenvalue weighted by molar-refractivity contribution is -0.119. The van der Waals surface area contributed by atoms with Gasteiger partial charge in [-0.2, -0.15) is 0 Å². The number of hydrogen-bond acceptors (Lipinski definition) is 2. The van der Waals surface area contributed by atoms with Gasteiger partial charge in [-0.3, -0.25) is 9.69 Å². The molecular weight excluding hydrogens is 233 g/mol. The highest BCUT2D eigenvalue weighted by molar-refractivity contribution is 5.93. The Morgan fingerprint density at radius 2 is 2.06 bits per heavy atom. The minimum absolute atomic E-state index is 0.0673. The lowest BCUT2D eigenvalue weighted by Crippen LogP contribution is -2.33. The van der Waals surface area contributed by atoms with Crippen molar-refractivity contribution in [2.45, 2.75) is 26.7 Å². The summed E-state index contributed by atoms with van der Waals surface area (Å²) < 4.78 is 18.7. The van der Waals surface area contributed by atoms with Crippen LogP contribution in [0, 0.1) is 11.7 Å². The number of nitrogens with zero attached hydrogens (tertiary/aromatic N) is 1. The average molecular weight is 253 g/mol. The summed E-state index contributed by atoms with van der Waals surface area (Å²) in [5, 5.41) is 0. The van der Waals surface area contributed by atoms with Crippen LogP contribution in [0.2, 0.25) is 0 Å². The van der Waals surface area contributed by atoms with E-state index in [0.717, 1.165) is 6.42 Å². The molecule has 0 fully saturated rings. The number of ether oxygens (including phenoxy) is 1. The van der Waals surface area contributed by atoms with Gasteiger partial charge in [0.05, 0.1) is 5.69 Å². The van der Waals surface area contributed by atoms with Crippen LogP contribution in [0.4, 0.5) is 10.1 Å². The summed E-state index contributed by atoms with van der Waals surface area (Å²) in [6.45, 7) is 4.17. The topological polar surface area (TPSA) is 29.5 Å². The highest BCUT2D eigenvalue weighted by atomic mass is 19.1. The molecule has 100 valence electrons. The molecule has 0 aromatic heterocycles. The average Bonchev–Trinajstić information content (AvgIpc) is 2.34. The number of para-hydroxylation sites is 1. The molecule has 0 aliphatic carbocycles. The van der Waals surface area contributed by atoms with E-state index in [0.29, 0.717) is 12.3 Å². The first-order valence-electron chi connectivity index (χ1n) is 6.10. The van der Waals surface area contributed by atoms with Gasteiger partial charge in [-0.15, -0.1) is 0 Å². The lowest BCUT2D eigenvalue weighted by Gasteiger charge is -2.22. The molecule has 0 saturated heterocycles. The van der Waals surface area contributed by atoms with Crippen molar-refractivity contribution in [2.75, 3.05) is 18.7 Å². The number of carbonyl (C=O) groups is 1. The zero-order chi connectivity index (χ0) is 13.5. The molecular formula is C14H20FNO2. The highest BCUT2D eigenvalue weighted by Gasteiger charge is 2.18. The largest absolute Gasteiger partial charge is 0.364 e. The van der Waals surface area contributed by atoms with Gasteiger partial charge in [0, 0.05) is 13.5 Å². The number of carbonyl (C=O) groups excluding carboxylic acids is 1. The zero-order valence-electron chi connectivity index (χ0n) is 11.1. The van der Waals surface area contributed by atoms with E-state index < -0.39 is 5.82 Å². The molecule has 0 heterocycles. The number of hydrogen-bond donors (Lipinski definition) is 0. The summed E-state index contributed by atoms with van der Waals surface area (Å²) >= 11 is 0. The number of benzene rings is 1. The molecule has 4 heteroatoms. The van der Waals surface area contributed by atoms with Crippen LogP contribution in [0.5, 0.6) is 0 Å². The van der Waals surface area contributed by atoms with Crippen LogP contribution in [0.3, 0.4) is 0 Å². The molecule has 18 heavy (non-hydrogen) atoms. The summed E-state index contributed by atoms with van der Waals surface area (Å²) in [5.41, 5.74) is 0.271. The van der Waals surface area contributed by atoms with Gasteiger partial charge in [0.25, 0.3) is 0 Å². The number of amides is 1. The van der Waals surface area contributed by atoms with Crippen molar-refractivity contribution in [2.24, 2.45) is 5.92 Å². The summed E-state index contributed by atoms with van der Waals surface area (Å²) in [7, 11) is 1.49. The Morgan fingerprint density at radius 3 is 2.61 bits per heavy atom. The minimum Gasteiger partial charge on any atom is -0.364 e. The summed E-state index contributed by atoms with van der Waals surface area (Å²) in [5.74, 6) is -0.0814. The van der Waals surface area contributed by atoms with Crippen LogP contribution in [0.25, 0.3) is 0 Å². The molecule has 0 radical (unpaired) electrons. The second-order valence-corrected chi connectivity index (χ2v) is 4.62. The molecule has 1 rings (SSSR count). The third kappa shape index (κ3) is 4.11. The first-order chi connectivity index (χ1) is 8.56. The molecule has 0 saturated carbocycles. The Bertz CT molecular complexity index is 393. The van der Waals surface area contributed by atoms with Crippen molar-refractivity contribution in [3.05, 3.63) is 30.1 Å². The van der Waals surface area contributed by atoms with E-state index in [-0.39, 0.29) is 18.3 Å². The van der Waals surface area contributed by atoms with E-state index in [1.165, 1.54) is 18.1 Å². The fourth-order valence-corrected chi connectivity index (χ4v) is 1.62. The van der Waals surface area contributed by atoms with Gasteiger partial charge in [-0.1, -0.05) is 26.0 Å². The Hall–Kier alpha value is -1.42. The van der Waals surface area contributed by atoms with Crippen molar-refractivity contribution in [1.29, 1.82) is 0 Å². The molecule has 0 unspecified atom stereocenters. The second-order valence-electron chi connectivity index (χ2n) is 4.62. The van der Waals surface area contributed by atoms with Crippen LogP contribution in [0.15, 0.2) is 24.3 Å². The third-order valence-corrected chi connectivity index (χ3v) is 2.64. The van der Waals surface area contributed by atoms with E-state index in [1.807, 2.05) is 0 Å². The van der Waals surface area contributed by atoms with Gasteiger partial charge < -0.3 is 4.74 Å². The quantitative estimate of drug-likeness (QED) is 0.729. The van der Waals surface area contributed by atoms with Gasteiger partial charge in [-0.25, -0.2) is 4.39 Å². The lowest BCUT2D eigenvalue weighted by atomic mass is 10.1. The fourth-order valence-electron chi connectivity index (χ4n) is 1.62. The standard InChI is InChI=1S/C14H20FNO2/c1-11(2)8-9-14(17)16(10-18-3)13-7-5-4-6-12(13)15/h4-7,11H,8-10H2,1-3H3. The molecule has 0 atom stereocenters. The highest BCUT2D eigenvalue weighted by Crippen LogP contribution is 2.20. The van der Waals surface area contributed by atoms with Gasteiger partial charge >= 0.3 is 0 Å². The van der Waals surface area contributed by atoms with Crippen LogP contribution in [0.1, 0.15) is 26.7 Å². The first kappa shape index (κ1) is 14.6. The van der Waals surface area contributed by atoms with E-state index in [1.54, 1.807) is 18.2 Å². The first-order valence-corrected chi connectivity index (χ1v) is 6.10. The second kappa shape index (κ2) is 7.11. The van der Waals surface area contributed by atoms with Crippen molar-refractivity contribution >= 4 is 11.6 Å².